The number of thiazole rings is 1. The fourth-order valence-corrected chi connectivity index (χ4v) is 3.58. The molecule has 96 valence electrons. The molecule has 1 aromatic heterocycles. The van der Waals surface area contributed by atoms with Crippen molar-refractivity contribution in [2.75, 3.05) is 7.05 Å². The van der Waals surface area contributed by atoms with Gasteiger partial charge in [0.15, 0.2) is 0 Å². The van der Waals surface area contributed by atoms with E-state index in [4.69, 9.17) is 0 Å². The van der Waals surface area contributed by atoms with Crippen LogP contribution in [0, 0.1) is 13.8 Å². The molecule has 1 aromatic carbocycles. The number of rotatable bonds is 4. The Hall–Kier alpha value is -0.710. The van der Waals surface area contributed by atoms with Crippen molar-refractivity contribution in [2.45, 2.75) is 26.3 Å². The van der Waals surface area contributed by atoms with Gasteiger partial charge in [-0.15, -0.1) is 11.3 Å². The van der Waals surface area contributed by atoms with Crippen LogP contribution in [0.4, 0.5) is 0 Å². The van der Waals surface area contributed by atoms with Crippen LogP contribution in [0.2, 0.25) is 0 Å². The van der Waals surface area contributed by atoms with Crippen molar-refractivity contribution in [3.05, 3.63) is 49.9 Å². The van der Waals surface area contributed by atoms with E-state index in [1.807, 2.05) is 7.05 Å². The zero-order valence-electron chi connectivity index (χ0n) is 10.8. The van der Waals surface area contributed by atoms with Crippen molar-refractivity contribution >= 4 is 27.3 Å². The normalized spacial score (nSPS) is 12.7. The van der Waals surface area contributed by atoms with E-state index in [2.05, 4.69) is 64.3 Å². The van der Waals surface area contributed by atoms with Crippen molar-refractivity contribution in [1.29, 1.82) is 0 Å². The molecule has 0 aliphatic carbocycles. The molecule has 2 nitrogen and oxygen atoms in total. The fourth-order valence-electron chi connectivity index (χ4n) is 2.10. The minimum atomic E-state index is 0.338. The fraction of sp³-hybridized carbons (Fsp3) is 0.357. The third-order valence-electron chi connectivity index (χ3n) is 2.93. The number of benzene rings is 1. The molecule has 1 unspecified atom stereocenters. The Morgan fingerprint density at radius 1 is 1.39 bits per heavy atom. The summed E-state index contributed by atoms with van der Waals surface area (Å²) < 4.78 is 1.13. The Morgan fingerprint density at radius 2 is 2.17 bits per heavy atom. The van der Waals surface area contributed by atoms with E-state index in [1.54, 1.807) is 11.3 Å². The zero-order valence-corrected chi connectivity index (χ0v) is 13.2. The molecule has 0 spiro atoms. The number of nitrogens with one attached hydrogen (secondary N) is 1. The van der Waals surface area contributed by atoms with Crippen LogP contribution in [0.5, 0.6) is 0 Å². The molecule has 1 atom stereocenters. The van der Waals surface area contributed by atoms with E-state index in [1.165, 1.54) is 10.4 Å². The number of halogens is 1. The summed E-state index contributed by atoms with van der Waals surface area (Å²) in [5.41, 5.74) is 2.47. The summed E-state index contributed by atoms with van der Waals surface area (Å²) in [6, 6.07) is 8.81. The van der Waals surface area contributed by atoms with Crippen LogP contribution in [0.1, 0.15) is 27.2 Å². The first-order valence-electron chi connectivity index (χ1n) is 5.95. The van der Waals surface area contributed by atoms with Crippen molar-refractivity contribution in [2.24, 2.45) is 0 Å². The lowest BCUT2D eigenvalue weighted by atomic mass is 10.0. The number of hydrogen-bond donors (Lipinski definition) is 1. The lowest BCUT2D eigenvalue weighted by Gasteiger charge is -2.15. The monoisotopic (exact) mass is 324 g/mol. The van der Waals surface area contributed by atoms with E-state index in [9.17, 15) is 0 Å². The molecule has 0 amide bonds. The predicted molar refractivity (Wildman–Crippen MR) is 81.2 cm³/mol. The van der Waals surface area contributed by atoms with Gasteiger partial charge in [-0.2, -0.15) is 0 Å². The molecule has 0 aliphatic rings. The summed E-state index contributed by atoms with van der Waals surface area (Å²) in [6.07, 6.45) is 0.985. The highest BCUT2D eigenvalue weighted by Crippen LogP contribution is 2.27. The molecule has 4 heteroatoms. The number of hydrogen-bond acceptors (Lipinski definition) is 3. The van der Waals surface area contributed by atoms with Crippen LogP contribution in [-0.2, 0) is 6.42 Å². The minimum absolute atomic E-state index is 0.338. The van der Waals surface area contributed by atoms with Gasteiger partial charge in [-0.05, 0) is 45.0 Å². The Morgan fingerprint density at radius 3 is 2.72 bits per heavy atom. The van der Waals surface area contributed by atoms with Crippen molar-refractivity contribution in [3.8, 4) is 0 Å². The number of aromatic nitrogens is 1. The second-order valence-electron chi connectivity index (χ2n) is 4.36. The quantitative estimate of drug-likeness (QED) is 0.918. The van der Waals surface area contributed by atoms with Crippen molar-refractivity contribution in [1.82, 2.24) is 10.3 Å². The standard InChI is InChI=1S/C14H17BrN2S/c1-9-14(18-10(2)17-9)13(16-3)8-11-5-4-6-12(15)7-11/h4-7,13,16H,8H2,1-3H3. The molecular formula is C14H17BrN2S. The maximum absolute atomic E-state index is 4.51. The van der Waals surface area contributed by atoms with E-state index < -0.39 is 0 Å². The summed E-state index contributed by atoms with van der Waals surface area (Å²) in [7, 11) is 2.01. The van der Waals surface area contributed by atoms with Gasteiger partial charge in [-0.3, -0.25) is 0 Å². The molecule has 0 radical (unpaired) electrons. The average molecular weight is 325 g/mol. The predicted octanol–water partition coefficient (Wildman–Crippen LogP) is 4.03. The van der Waals surface area contributed by atoms with Gasteiger partial charge < -0.3 is 5.32 Å². The van der Waals surface area contributed by atoms with Gasteiger partial charge in [-0.1, -0.05) is 28.1 Å². The lowest BCUT2D eigenvalue weighted by molar-refractivity contribution is 0.597. The zero-order chi connectivity index (χ0) is 13.1. The molecule has 0 bridgehead atoms. The largest absolute Gasteiger partial charge is 0.312 e. The number of likely N-dealkylation sites (N-methyl/N-ethyl adjacent to an activating group) is 1. The smallest absolute Gasteiger partial charge is 0.0900 e. The Labute approximate surface area is 121 Å². The Kier molecular flexibility index (Phi) is 4.54. The first kappa shape index (κ1) is 13.7. The molecule has 0 fully saturated rings. The molecule has 1 heterocycles. The highest BCUT2D eigenvalue weighted by atomic mass is 79.9. The maximum atomic E-state index is 4.51. The van der Waals surface area contributed by atoms with Crippen LogP contribution in [-0.4, -0.2) is 12.0 Å². The second-order valence-corrected chi connectivity index (χ2v) is 6.51. The molecule has 0 saturated carbocycles. The van der Waals surface area contributed by atoms with Gasteiger partial charge >= 0.3 is 0 Å². The van der Waals surface area contributed by atoms with Crippen LogP contribution >= 0.6 is 27.3 Å². The third-order valence-corrected chi connectivity index (χ3v) is 4.61. The van der Waals surface area contributed by atoms with E-state index in [0.717, 1.165) is 21.6 Å². The lowest BCUT2D eigenvalue weighted by Crippen LogP contribution is -2.18. The molecular weight excluding hydrogens is 308 g/mol. The molecule has 1 N–H and O–H groups in total. The van der Waals surface area contributed by atoms with Crippen LogP contribution in [0.15, 0.2) is 28.7 Å². The highest BCUT2D eigenvalue weighted by Gasteiger charge is 2.16. The summed E-state index contributed by atoms with van der Waals surface area (Å²) in [5.74, 6) is 0. The number of nitrogens with zero attached hydrogens (tertiary/aromatic N) is 1. The van der Waals surface area contributed by atoms with Crippen LogP contribution in [0.3, 0.4) is 0 Å². The summed E-state index contributed by atoms with van der Waals surface area (Å²) >= 11 is 5.30. The Bertz CT molecular complexity index is 536. The molecule has 18 heavy (non-hydrogen) atoms. The van der Waals surface area contributed by atoms with Gasteiger partial charge in [0.1, 0.15) is 0 Å². The van der Waals surface area contributed by atoms with Crippen LogP contribution in [0.25, 0.3) is 0 Å². The summed E-state index contributed by atoms with van der Waals surface area (Å²) in [5, 5.41) is 4.53. The van der Waals surface area contributed by atoms with Crippen molar-refractivity contribution < 1.29 is 0 Å². The first-order chi connectivity index (χ1) is 8.60. The maximum Gasteiger partial charge on any atom is 0.0900 e. The first-order valence-corrected chi connectivity index (χ1v) is 7.56. The van der Waals surface area contributed by atoms with E-state index in [0.29, 0.717) is 6.04 Å². The number of aryl methyl sites for hydroxylation is 2. The van der Waals surface area contributed by atoms with Gasteiger partial charge in [0, 0.05) is 15.4 Å². The van der Waals surface area contributed by atoms with Gasteiger partial charge in [0.25, 0.3) is 0 Å². The topological polar surface area (TPSA) is 24.9 Å². The molecule has 0 saturated heterocycles. The van der Waals surface area contributed by atoms with E-state index >= 15 is 0 Å². The van der Waals surface area contributed by atoms with Gasteiger partial charge in [0.05, 0.1) is 10.7 Å². The SMILES string of the molecule is CNC(Cc1cccc(Br)c1)c1sc(C)nc1C. The van der Waals surface area contributed by atoms with Gasteiger partial charge in [-0.25, -0.2) is 4.98 Å². The van der Waals surface area contributed by atoms with Gasteiger partial charge in [0.2, 0.25) is 0 Å². The average Bonchev–Trinajstić information content (AvgIpc) is 2.65. The Balaban J connectivity index is 2.22. The summed E-state index contributed by atoms with van der Waals surface area (Å²) in [4.78, 5) is 5.85. The second kappa shape index (κ2) is 5.95. The summed E-state index contributed by atoms with van der Waals surface area (Å²) in [6.45, 7) is 4.15. The van der Waals surface area contributed by atoms with Crippen molar-refractivity contribution in [3.63, 3.8) is 0 Å². The molecule has 0 aliphatic heterocycles. The minimum Gasteiger partial charge on any atom is -0.312 e. The highest BCUT2D eigenvalue weighted by molar-refractivity contribution is 9.10. The molecule has 2 aromatic rings. The molecule has 2 rings (SSSR count). The van der Waals surface area contributed by atoms with Crippen LogP contribution < -0.4 is 5.32 Å². The van der Waals surface area contributed by atoms with E-state index in [-0.39, 0.29) is 0 Å². The third kappa shape index (κ3) is 3.19.